The van der Waals surface area contributed by atoms with Gasteiger partial charge in [0, 0.05) is 17.8 Å². The standard InChI is InChI=1S/C13H14N2O3S2/c14-10-3-5-11(6-4-10)15-12(16)7-9-20(17,18)13-2-1-8-19-13/h1-6,8H,7,9,14H2,(H,15,16). The molecule has 0 atom stereocenters. The number of nitrogen functional groups attached to an aromatic ring is 1. The fourth-order valence-electron chi connectivity index (χ4n) is 1.56. The second-order valence-electron chi connectivity index (χ2n) is 4.17. The van der Waals surface area contributed by atoms with Gasteiger partial charge in [-0.2, -0.15) is 0 Å². The maximum Gasteiger partial charge on any atom is 0.225 e. The molecule has 1 heterocycles. The highest BCUT2D eigenvalue weighted by molar-refractivity contribution is 7.93. The second-order valence-corrected chi connectivity index (χ2v) is 7.45. The van der Waals surface area contributed by atoms with Gasteiger partial charge >= 0.3 is 0 Å². The maximum atomic E-state index is 11.9. The smallest absolute Gasteiger partial charge is 0.225 e. The van der Waals surface area contributed by atoms with Gasteiger partial charge in [0.2, 0.25) is 5.91 Å². The number of rotatable bonds is 5. The largest absolute Gasteiger partial charge is 0.399 e. The van der Waals surface area contributed by atoms with Crippen molar-refractivity contribution in [2.45, 2.75) is 10.6 Å². The predicted octanol–water partition coefficient (Wildman–Crippen LogP) is 2.13. The van der Waals surface area contributed by atoms with Crippen molar-refractivity contribution in [3.8, 4) is 0 Å². The topological polar surface area (TPSA) is 89.3 Å². The Kier molecular flexibility index (Phi) is 4.41. The van der Waals surface area contributed by atoms with Crippen molar-refractivity contribution >= 4 is 38.5 Å². The van der Waals surface area contributed by atoms with Crippen LogP contribution in [0.25, 0.3) is 0 Å². The molecule has 0 saturated heterocycles. The molecule has 106 valence electrons. The lowest BCUT2D eigenvalue weighted by molar-refractivity contribution is -0.115. The molecule has 7 heteroatoms. The molecule has 1 amide bonds. The second kappa shape index (κ2) is 6.06. The van der Waals surface area contributed by atoms with E-state index in [4.69, 9.17) is 5.73 Å². The van der Waals surface area contributed by atoms with Gasteiger partial charge in [-0.25, -0.2) is 8.42 Å². The van der Waals surface area contributed by atoms with Gasteiger partial charge in [0.1, 0.15) is 4.21 Å². The molecule has 0 aliphatic carbocycles. The lowest BCUT2D eigenvalue weighted by Crippen LogP contribution is -2.17. The molecular formula is C13H14N2O3S2. The highest BCUT2D eigenvalue weighted by atomic mass is 32.2. The third kappa shape index (κ3) is 3.82. The van der Waals surface area contributed by atoms with Crippen LogP contribution < -0.4 is 11.1 Å². The van der Waals surface area contributed by atoms with Crippen LogP contribution in [-0.4, -0.2) is 20.1 Å². The molecule has 0 radical (unpaired) electrons. The van der Waals surface area contributed by atoms with Crippen LogP contribution in [-0.2, 0) is 14.6 Å². The molecule has 0 fully saturated rings. The molecular weight excluding hydrogens is 296 g/mol. The summed E-state index contributed by atoms with van der Waals surface area (Å²) in [5.41, 5.74) is 6.73. The van der Waals surface area contributed by atoms with Crippen LogP contribution in [0.5, 0.6) is 0 Å². The summed E-state index contributed by atoms with van der Waals surface area (Å²) in [4.78, 5) is 11.7. The Labute approximate surface area is 121 Å². The van der Waals surface area contributed by atoms with Crippen LogP contribution in [0.1, 0.15) is 6.42 Å². The van der Waals surface area contributed by atoms with Crippen molar-refractivity contribution in [1.29, 1.82) is 0 Å². The van der Waals surface area contributed by atoms with Gasteiger partial charge in [-0.05, 0) is 35.7 Å². The van der Waals surface area contributed by atoms with Gasteiger partial charge in [0.25, 0.3) is 0 Å². The number of hydrogen-bond donors (Lipinski definition) is 2. The molecule has 0 unspecified atom stereocenters. The van der Waals surface area contributed by atoms with E-state index in [1.807, 2.05) is 0 Å². The Morgan fingerprint density at radius 2 is 1.90 bits per heavy atom. The number of hydrogen-bond acceptors (Lipinski definition) is 5. The zero-order valence-electron chi connectivity index (χ0n) is 10.6. The minimum absolute atomic E-state index is 0.0788. The summed E-state index contributed by atoms with van der Waals surface area (Å²) >= 11 is 1.15. The Hall–Kier alpha value is -1.86. The molecule has 1 aromatic heterocycles. The molecule has 2 aromatic rings. The van der Waals surface area contributed by atoms with E-state index in [9.17, 15) is 13.2 Å². The summed E-state index contributed by atoms with van der Waals surface area (Å²) < 4.78 is 24.1. The molecule has 0 saturated carbocycles. The van der Waals surface area contributed by atoms with Gasteiger partial charge in [0.05, 0.1) is 5.75 Å². The van der Waals surface area contributed by atoms with Crippen molar-refractivity contribution in [1.82, 2.24) is 0 Å². The normalized spacial score (nSPS) is 11.2. The fourth-order valence-corrected chi connectivity index (χ4v) is 3.95. The average Bonchev–Trinajstić information content (AvgIpc) is 2.94. The Morgan fingerprint density at radius 3 is 2.50 bits per heavy atom. The number of anilines is 2. The van der Waals surface area contributed by atoms with E-state index in [1.165, 1.54) is 6.07 Å². The molecule has 0 bridgehead atoms. The zero-order valence-corrected chi connectivity index (χ0v) is 12.2. The SMILES string of the molecule is Nc1ccc(NC(=O)CCS(=O)(=O)c2cccs2)cc1. The van der Waals surface area contributed by atoms with Crippen LogP contribution >= 0.6 is 11.3 Å². The number of thiophene rings is 1. The van der Waals surface area contributed by atoms with Crippen LogP contribution in [0, 0.1) is 0 Å². The zero-order chi connectivity index (χ0) is 14.6. The first kappa shape index (κ1) is 14.5. The number of sulfone groups is 1. The Balaban J connectivity index is 1.91. The van der Waals surface area contributed by atoms with Crippen molar-refractivity contribution in [3.63, 3.8) is 0 Å². The predicted molar refractivity (Wildman–Crippen MR) is 80.5 cm³/mol. The van der Waals surface area contributed by atoms with Crippen LogP contribution in [0.2, 0.25) is 0 Å². The minimum Gasteiger partial charge on any atom is -0.399 e. The van der Waals surface area contributed by atoms with E-state index in [0.717, 1.165) is 11.3 Å². The fraction of sp³-hybridized carbons (Fsp3) is 0.154. The highest BCUT2D eigenvalue weighted by Gasteiger charge is 2.17. The summed E-state index contributed by atoms with van der Waals surface area (Å²) in [6.45, 7) is 0. The monoisotopic (exact) mass is 310 g/mol. The summed E-state index contributed by atoms with van der Waals surface area (Å²) in [5.74, 6) is -0.538. The number of amides is 1. The van der Waals surface area contributed by atoms with E-state index in [-0.39, 0.29) is 22.3 Å². The van der Waals surface area contributed by atoms with Gasteiger partial charge in [0.15, 0.2) is 9.84 Å². The quantitative estimate of drug-likeness (QED) is 0.828. The maximum absolute atomic E-state index is 11.9. The van der Waals surface area contributed by atoms with Crippen molar-refractivity contribution < 1.29 is 13.2 Å². The summed E-state index contributed by atoms with van der Waals surface area (Å²) in [7, 11) is -3.37. The molecule has 0 aliphatic heterocycles. The third-order valence-corrected chi connectivity index (χ3v) is 5.80. The highest BCUT2D eigenvalue weighted by Crippen LogP contribution is 2.18. The first-order chi connectivity index (χ1) is 9.47. The number of nitrogens with one attached hydrogen (secondary N) is 1. The minimum atomic E-state index is -3.37. The van der Waals surface area contributed by atoms with Gasteiger partial charge in [-0.3, -0.25) is 4.79 Å². The van der Waals surface area contributed by atoms with Crippen molar-refractivity contribution in [2.24, 2.45) is 0 Å². The Morgan fingerprint density at radius 1 is 1.20 bits per heavy atom. The first-order valence-electron chi connectivity index (χ1n) is 5.89. The van der Waals surface area contributed by atoms with Crippen LogP contribution in [0.3, 0.4) is 0 Å². The first-order valence-corrected chi connectivity index (χ1v) is 8.42. The number of nitrogens with two attached hydrogens (primary N) is 1. The lowest BCUT2D eigenvalue weighted by Gasteiger charge is -2.05. The van der Waals surface area contributed by atoms with Gasteiger partial charge in [-0.1, -0.05) is 6.07 Å². The summed E-state index contributed by atoms with van der Waals surface area (Å²) in [6, 6.07) is 9.88. The van der Waals surface area contributed by atoms with E-state index in [2.05, 4.69) is 5.32 Å². The van der Waals surface area contributed by atoms with Gasteiger partial charge in [-0.15, -0.1) is 11.3 Å². The van der Waals surface area contributed by atoms with Gasteiger partial charge < -0.3 is 11.1 Å². The molecule has 0 spiro atoms. The van der Waals surface area contributed by atoms with Crippen LogP contribution in [0.15, 0.2) is 46.0 Å². The summed E-state index contributed by atoms with van der Waals surface area (Å²) in [5, 5.41) is 4.33. The molecule has 20 heavy (non-hydrogen) atoms. The van der Waals surface area contributed by atoms with E-state index < -0.39 is 9.84 Å². The van der Waals surface area contributed by atoms with E-state index in [1.54, 1.807) is 35.7 Å². The van der Waals surface area contributed by atoms with Crippen molar-refractivity contribution in [3.05, 3.63) is 41.8 Å². The van der Waals surface area contributed by atoms with E-state index in [0.29, 0.717) is 11.4 Å². The lowest BCUT2D eigenvalue weighted by atomic mass is 10.3. The van der Waals surface area contributed by atoms with E-state index >= 15 is 0 Å². The molecule has 0 aliphatic rings. The number of carbonyl (C=O) groups excluding carboxylic acids is 1. The van der Waals surface area contributed by atoms with Crippen molar-refractivity contribution in [2.75, 3.05) is 16.8 Å². The van der Waals surface area contributed by atoms with Crippen LogP contribution in [0.4, 0.5) is 11.4 Å². The Bertz CT molecular complexity index is 677. The molecule has 2 rings (SSSR count). The average molecular weight is 310 g/mol. The third-order valence-electron chi connectivity index (χ3n) is 2.59. The number of benzene rings is 1. The number of carbonyl (C=O) groups is 1. The summed E-state index contributed by atoms with van der Waals surface area (Å²) in [6.07, 6.45) is -0.0788. The molecule has 1 aromatic carbocycles. The molecule has 5 nitrogen and oxygen atoms in total. The molecule has 3 N–H and O–H groups in total.